The second-order valence-electron chi connectivity index (χ2n) is 5.45. The molecule has 1 rings (SSSR count). The van der Waals surface area contributed by atoms with Crippen LogP contribution >= 0.6 is 0 Å². The number of Topliss-reactive ketones (excluding diaryl/α,β-unsaturated/α-hetero) is 1. The molecule has 1 N–H and O–H groups in total. The van der Waals surface area contributed by atoms with E-state index in [1.165, 1.54) is 12.2 Å². The summed E-state index contributed by atoms with van der Waals surface area (Å²) in [5.74, 6) is -0.843. The van der Waals surface area contributed by atoms with Gasteiger partial charge in [0, 0.05) is 17.9 Å². The summed E-state index contributed by atoms with van der Waals surface area (Å²) < 4.78 is 32.2. The molecular weight excluding hydrogens is 312 g/mol. The van der Waals surface area contributed by atoms with E-state index in [0.29, 0.717) is 5.56 Å². The number of benzene rings is 1. The van der Waals surface area contributed by atoms with Gasteiger partial charge < -0.3 is 0 Å². The van der Waals surface area contributed by atoms with Crippen molar-refractivity contribution in [2.45, 2.75) is 27.2 Å². The zero-order chi connectivity index (χ0) is 17.6. The highest BCUT2D eigenvalue weighted by Gasteiger charge is 2.20. The number of hydrogen-bond donors (Lipinski definition) is 1. The molecule has 0 heterocycles. The number of hydrogen-bond acceptors (Lipinski definition) is 3. The standard InChI is InChI=1S/C18H22O4S/c1-5-6-7-8-16(23(20,21)22)12-15(4)18(19)17-11-13(2)9-10-14(17)3/h5-7,9-12,15H,1,8H2,2-4H3,(H,20,21,22)/b7-6-,16-12+. The van der Waals surface area contributed by atoms with Gasteiger partial charge in [-0.3, -0.25) is 9.35 Å². The van der Waals surface area contributed by atoms with E-state index >= 15 is 0 Å². The van der Waals surface area contributed by atoms with Gasteiger partial charge in [0.1, 0.15) is 0 Å². The van der Waals surface area contributed by atoms with Crippen molar-refractivity contribution in [2.24, 2.45) is 5.92 Å². The van der Waals surface area contributed by atoms with E-state index in [4.69, 9.17) is 0 Å². The number of carbonyl (C=O) groups is 1. The van der Waals surface area contributed by atoms with Crippen LogP contribution < -0.4 is 0 Å². The van der Waals surface area contributed by atoms with Gasteiger partial charge in [0.25, 0.3) is 10.1 Å². The Labute approximate surface area is 138 Å². The van der Waals surface area contributed by atoms with E-state index in [1.807, 2.05) is 26.0 Å². The Bertz CT molecular complexity index is 755. The van der Waals surface area contributed by atoms with Crippen molar-refractivity contribution in [1.82, 2.24) is 0 Å². The molecule has 0 radical (unpaired) electrons. The molecule has 0 fully saturated rings. The lowest BCUT2D eigenvalue weighted by Crippen LogP contribution is -2.13. The van der Waals surface area contributed by atoms with E-state index in [-0.39, 0.29) is 17.1 Å². The van der Waals surface area contributed by atoms with Crippen LogP contribution in [0.1, 0.15) is 34.8 Å². The molecule has 0 aliphatic rings. The first-order valence-corrected chi connectivity index (χ1v) is 8.68. The smallest absolute Gasteiger partial charge is 0.290 e. The molecule has 0 amide bonds. The summed E-state index contributed by atoms with van der Waals surface area (Å²) in [5, 5.41) is 0. The Morgan fingerprint density at radius 2 is 2.00 bits per heavy atom. The molecular formula is C18H22O4S. The van der Waals surface area contributed by atoms with Crippen LogP contribution in [0.2, 0.25) is 0 Å². The van der Waals surface area contributed by atoms with Crippen molar-refractivity contribution < 1.29 is 17.8 Å². The van der Waals surface area contributed by atoms with Gasteiger partial charge in [-0.1, -0.05) is 55.5 Å². The molecule has 0 saturated heterocycles. The Hall–Kier alpha value is -1.98. The first kappa shape index (κ1) is 19.1. The van der Waals surface area contributed by atoms with Crippen molar-refractivity contribution >= 4 is 15.9 Å². The van der Waals surface area contributed by atoms with Crippen molar-refractivity contribution in [3.8, 4) is 0 Å². The van der Waals surface area contributed by atoms with E-state index in [2.05, 4.69) is 6.58 Å². The molecule has 0 aromatic heterocycles. The third-order valence-electron chi connectivity index (χ3n) is 3.43. The quantitative estimate of drug-likeness (QED) is 0.464. The van der Waals surface area contributed by atoms with Gasteiger partial charge in [-0.25, -0.2) is 0 Å². The van der Waals surface area contributed by atoms with Crippen LogP contribution in [-0.4, -0.2) is 18.8 Å². The maximum atomic E-state index is 12.6. The number of rotatable bonds is 7. The summed E-state index contributed by atoms with van der Waals surface area (Å²) in [7, 11) is -4.35. The SMILES string of the molecule is C=C/C=C\C/C(=C\C(C)C(=O)c1cc(C)ccc1C)S(=O)(=O)O. The van der Waals surface area contributed by atoms with Crippen molar-refractivity contribution in [3.63, 3.8) is 0 Å². The highest BCUT2D eigenvalue weighted by atomic mass is 32.2. The van der Waals surface area contributed by atoms with Gasteiger partial charge in [0.05, 0.1) is 4.91 Å². The average Bonchev–Trinajstić information content (AvgIpc) is 2.47. The van der Waals surface area contributed by atoms with Crippen LogP contribution in [0.3, 0.4) is 0 Å². The van der Waals surface area contributed by atoms with Crippen LogP contribution in [0.4, 0.5) is 0 Å². The predicted molar refractivity (Wildman–Crippen MR) is 93.0 cm³/mol. The van der Waals surface area contributed by atoms with E-state index in [0.717, 1.165) is 11.1 Å². The molecule has 1 atom stereocenters. The summed E-state index contributed by atoms with van der Waals surface area (Å²) >= 11 is 0. The molecule has 0 aliphatic heterocycles. The van der Waals surface area contributed by atoms with Crippen molar-refractivity contribution in [2.75, 3.05) is 0 Å². The van der Waals surface area contributed by atoms with E-state index < -0.39 is 16.0 Å². The van der Waals surface area contributed by atoms with Crippen molar-refractivity contribution in [3.05, 3.63) is 70.7 Å². The molecule has 1 aromatic carbocycles. The molecule has 124 valence electrons. The summed E-state index contributed by atoms with van der Waals surface area (Å²) in [6.45, 7) is 8.83. The molecule has 5 heteroatoms. The second kappa shape index (κ2) is 8.04. The van der Waals surface area contributed by atoms with Crippen LogP contribution in [-0.2, 0) is 10.1 Å². The molecule has 1 unspecified atom stereocenters. The van der Waals surface area contributed by atoms with Crippen LogP contribution in [0.15, 0.2) is 54.0 Å². The molecule has 1 aromatic rings. The second-order valence-corrected chi connectivity index (χ2v) is 6.92. The normalized spacial score (nSPS) is 14.0. The lowest BCUT2D eigenvalue weighted by Gasteiger charge is -2.11. The van der Waals surface area contributed by atoms with E-state index in [9.17, 15) is 17.8 Å². The molecule has 0 aliphatic carbocycles. The van der Waals surface area contributed by atoms with Crippen LogP contribution in [0.5, 0.6) is 0 Å². The highest BCUT2D eigenvalue weighted by Crippen LogP contribution is 2.20. The Kier molecular flexibility index (Phi) is 6.66. The monoisotopic (exact) mass is 334 g/mol. The zero-order valence-corrected chi connectivity index (χ0v) is 14.4. The van der Waals surface area contributed by atoms with Gasteiger partial charge in [-0.2, -0.15) is 8.42 Å². The molecule has 0 saturated carbocycles. The maximum absolute atomic E-state index is 12.6. The fourth-order valence-electron chi connectivity index (χ4n) is 2.14. The Morgan fingerprint density at radius 1 is 1.35 bits per heavy atom. The summed E-state index contributed by atoms with van der Waals surface area (Å²) in [5.41, 5.74) is 2.35. The maximum Gasteiger partial charge on any atom is 0.290 e. The average molecular weight is 334 g/mol. The lowest BCUT2D eigenvalue weighted by molar-refractivity contribution is 0.0952. The molecule has 4 nitrogen and oxygen atoms in total. The van der Waals surface area contributed by atoms with Gasteiger partial charge in [0.15, 0.2) is 5.78 Å². The number of carbonyl (C=O) groups excluding carboxylic acids is 1. The van der Waals surface area contributed by atoms with Gasteiger partial charge in [-0.15, -0.1) is 0 Å². The largest absolute Gasteiger partial charge is 0.294 e. The Morgan fingerprint density at radius 3 is 2.57 bits per heavy atom. The highest BCUT2D eigenvalue weighted by molar-refractivity contribution is 7.89. The molecule has 0 bridgehead atoms. The Balaban J connectivity index is 3.15. The topological polar surface area (TPSA) is 71.4 Å². The molecule has 23 heavy (non-hydrogen) atoms. The summed E-state index contributed by atoms with van der Waals surface area (Å²) in [4.78, 5) is 12.4. The predicted octanol–water partition coefficient (Wildman–Crippen LogP) is 4.03. The minimum absolute atomic E-state index is 0.00920. The first-order valence-electron chi connectivity index (χ1n) is 7.24. The number of aryl methyl sites for hydroxylation is 2. The van der Waals surface area contributed by atoms with Crippen LogP contribution in [0, 0.1) is 19.8 Å². The zero-order valence-electron chi connectivity index (χ0n) is 13.6. The summed E-state index contributed by atoms with van der Waals surface area (Å²) in [6.07, 6.45) is 5.95. The van der Waals surface area contributed by atoms with Gasteiger partial charge in [0.2, 0.25) is 0 Å². The third kappa shape index (κ3) is 5.62. The van der Waals surface area contributed by atoms with Gasteiger partial charge >= 0.3 is 0 Å². The first-order chi connectivity index (χ1) is 10.7. The van der Waals surface area contributed by atoms with Crippen LogP contribution in [0.25, 0.3) is 0 Å². The van der Waals surface area contributed by atoms with Crippen molar-refractivity contribution in [1.29, 1.82) is 0 Å². The fraction of sp³-hybridized carbons (Fsp3) is 0.278. The number of allylic oxidation sites excluding steroid dienone is 5. The fourth-order valence-corrected chi connectivity index (χ4v) is 2.82. The minimum atomic E-state index is -4.35. The van der Waals surface area contributed by atoms with Gasteiger partial charge in [-0.05, 0) is 25.5 Å². The van der Waals surface area contributed by atoms with E-state index in [1.54, 1.807) is 25.1 Å². The third-order valence-corrected chi connectivity index (χ3v) is 4.40. The summed E-state index contributed by atoms with van der Waals surface area (Å²) in [6, 6.07) is 5.55. The molecule has 0 spiro atoms. The minimum Gasteiger partial charge on any atom is -0.294 e. The number of ketones is 1. The lowest BCUT2D eigenvalue weighted by atomic mass is 9.94.